The summed E-state index contributed by atoms with van der Waals surface area (Å²) in [6.45, 7) is 0.262. The van der Waals surface area contributed by atoms with Crippen molar-refractivity contribution in [1.82, 2.24) is 0 Å². The van der Waals surface area contributed by atoms with Crippen LogP contribution in [0.4, 0.5) is 0 Å². The first kappa shape index (κ1) is 20.9. The summed E-state index contributed by atoms with van der Waals surface area (Å²) in [4.78, 5) is 12.9. The molecule has 0 unspecified atom stereocenters. The Morgan fingerprint density at radius 2 is 1.93 bits per heavy atom. The predicted molar refractivity (Wildman–Crippen MR) is 119 cm³/mol. The highest BCUT2D eigenvalue weighted by atomic mass is 79.9. The van der Waals surface area contributed by atoms with Crippen LogP contribution in [0, 0.1) is 0 Å². The number of carbonyl (C=O) groups is 1. The third-order valence-electron chi connectivity index (χ3n) is 3.82. The second kappa shape index (κ2) is 9.61. The number of halogens is 3. The predicted octanol–water partition coefficient (Wildman–Crippen LogP) is 7.30. The van der Waals surface area contributed by atoms with Crippen LogP contribution in [0.3, 0.4) is 0 Å². The number of rotatable bonds is 7. The quantitative estimate of drug-likeness (QED) is 0.253. The van der Waals surface area contributed by atoms with E-state index >= 15 is 0 Å². The van der Waals surface area contributed by atoms with Crippen molar-refractivity contribution < 1.29 is 14.3 Å². The molecule has 3 nitrogen and oxygen atoms in total. The zero-order chi connectivity index (χ0) is 20.1. The van der Waals surface area contributed by atoms with Gasteiger partial charge in [0.2, 0.25) is 0 Å². The van der Waals surface area contributed by atoms with Gasteiger partial charge in [0, 0.05) is 20.4 Å². The van der Waals surface area contributed by atoms with E-state index in [2.05, 4.69) is 15.9 Å². The van der Waals surface area contributed by atoms with Gasteiger partial charge in [-0.15, -0.1) is 11.3 Å². The van der Waals surface area contributed by atoms with Gasteiger partial charge in [0.05, 0.1) is 17.0 Å². The van der Waals surface area contributed by atoms with Crippen LogP contribution in [0.2, 0.25) is 10.0 Å². The molecule has 2 aromatic carbocycles. The van der Waals surface area contributed by atoms with Gasteiger partial charge in [0.1, 0.15) is 18.1 Å². The number of allylic oxidation sites excluding steroid dienone is 1. The molecule has 0 N–H and O–H groups in total. The Morgan fingerprint density at radius 1 is 1.14 bits per heavy atom. The summed E-state index contributed by atoms with van der Waals surface area (Å²) in [5.74, 6) is 1.18. The molecule has 0 amide bonds. The molecule has 1 aromatic heterocycles. The Balaban J connectivity index is 1.75. The summed E-state index contributed by atoms with van der Waals surface area (Å²) in [6.07, 6.45) is 3.33. The summed E-state index contributed by atoms with van der Waals surface area (Å²) in [5.41, 5.74) is 1.70. The van der Waals surface area contributed by atoms with Gasteiger partial charge >= 0.3 is 0 Å². The van der Waals surface area contributed by atoms with Crippen LogP contribution in [0.1, 0.15) is 20.8 Å². The van der Waals surface area contributed by atoms with E-state index in [1.54, 1.807) is 43.5 Å². The summed E-state index contributed by atoms with van der Waals surface area (Å²) in [5, 5.41) is 2.87. The van der Waals surface area contributed by atoms with Crippen molar-refractivity contribution in [2.45, 2.75) is 6.61 Å². The fraction of sp³-hybridized carbons (Fsp3) is 0.0952. The number of carbonyl (C=O) groups excluding carboxylic acids is 1. The van der Waals surface area contributed by atoms with Gasteiger partial charge in [-0.25, -0.2) is 0 Å². The number of hydrogen-bond donors (Lipinski definition) is 0. The Bertz CT molecular complexity index is 1030. The third kappa shape index (κ3) is 5.39. The first-order valence-corrected chi connectivity index (χ1v) is 10.6. The first-order chi connectivity index (χ1) is 13.5. The Labute approximate surface area is 185 Å². The van der Waals surface area contributed by atoms with Crippen molar-refractivity contribution in [3.63, 3.8) is 0 Å². The van der Waals surface area contributed by atoms with E-state index < -0.39 is 0 Å². The number of thiophene rings is 1. The van der Waals surface area contributed by atoms with Gasteiger partial charge < -0.3 is 9.47 Å². The molecular formula is C21H15BrCl2O3S. The molecule has 0 aliphatic rings. The number of methoxy groups -OCH3 is 1. The molecule has 0 aliphatic heterocycles. The van der Waals surface area contributed by atoms with Gasteiger partial charge in [-0.2, -0.15) is 0 Å². The van der Waals surface area contributed by atoms with Gasteiger partial charge in [-0.1, -0.05) is 35.3 Å². The molecular weight excluding hydrogens is 483 g/mol. The minimum atomic E-state index is -0.0442. The number of ether oxygens (including phenoxy) is 2. The van der Waals surface area contributed by atoms with Crippen molar-refractivity contribution in [2.75, 3.05) is 7.11 Å². The highest BCUT2D eigenvalue weighted by Gasteiger charge is 2.09. The highest BCUT2D eigenvalue weighted by molar-refractivity contribution is 9.10. The molecule has 0 saturated heterocycles. The average Bonchev–Trinajstić information content (AvgIpc) is 3.12. The number of benzene rings is 2. The monoisotopic (exact) mass is 496 g/mol. The number of ketones is 1. The van der Waals surface area contributed by atoms with E-state index in [4.69, 9.17) is 32.7 Å². The standard InChI is InChI=1S/C21H15BrCl2O3S/c1-26-19-6-3-13(2-5-18(25)21-9-15(22)12-28-21)8-14(19)11-27-20-7-4-16(23)10-17(20)24/h2-10,12H,11H2,1H3/b5-2+. The zero-order valence-corrected chi connectivity index (χ0v) is 18.7. The molecule has 0 spiro atoms. The largest absolute Gasteiger partial charge is 0.496 e. The first-order valence-electron chi connectivity index (χ1n) is 8.17. The number of hydrogen-bond acceptors (Lipinski definition) is 4. The van der Waals surface area contributed by atoms with Gasteiger partial charge in [0.25, 0.3) is 0 Å². The van der Waals surface area contributed by atoms with E-state index in [-0.39, 0.29) is 12.4 Å². The molecule has 1 heterocycles. The Morgan fingerprint density at radius 3 is 2.61 bits per heavy atom. The lowest BCUT2D eigenvalue weighted by molar-refractivity contribution is 0.105. The third-order valence-corrected chi connectivity index (χ3v) is 6.06. The smallest absolute Gasteiger partial charge is 0.195 e. The fourth-order valence-corrected chi connectivity index (χ4v) is 4.27. The average molecular weight is 498 g/mol. The molecule has 28 heavy (non-hydrogen) atoms. The molecule has 0 radical (unpaired) electrons. The van der Waals surface area contributed by atoms with Crippen molar-refractivity contribution >= 4 is 62.3 Å². The van der Waals surface area contributed by atoms with Crippen molar-refractivity contribution in [2.24, 2.45) is 0 Å². The van der Waals surface area contributed by atoms with E-state index in [1.165, 1.54) is 11.3 Å². The molecule has 3 aromatic rings. The van der Waals surface area contributed by atoms with Gasteiger partial charge in [-0.3, -0.25) is 4.79 Å². The summed E-state index contributed by atoms with van der Waals surface area (Å²) < 4.78 is 12.1. The SMILES string of the molecule is COc1ccc(/C=C/C(=O)c2cc(Br)cs2)cc1COc1ccc(Cl)cc1Cl. The second-order valence-electron chi connectivity index (χ2n) is 5.76. The van der Waals surface area contributed by atoms with Crippen LogP contribution in [0.15, 0.2) is 58.4 Å². The minimum absolute atomic E-state index is 0.0442. The lowest BCUT2D eigenvalue weighted by Crippen LogP contribution is -2.00. The van der Waals surface area contributed by atoms with E-state index in [0.29, 0.717) is 26.4 Å². The summed E-state index contributed by atoms with van der Waals surface area (Å²) >= 11 is 16.8. The molecule has 0 atom stereocenters. The van der Waals surface area contributed by atoms with Crippen molar-refractivity contribution in [1.29, 1.82) is 0 Å². The van der Waals surface area contributed by atoms with E-state index in [9.17, 15) is 4.79 Å². The van der Waals surface area contributed by atoms with Crippen LogP contribution < -0.4 is 9.47 Å². The van der Waals surface area contributed by atoms with Crippen LogP contribution >= 0.6 is 50.5 Å². The molecule has 0 saturated carbocycles. The fourth-order valence-electron chi connectivity index (χ4n) is 2.46. The van der Waals surface area contributed by atoms with Crippen molar-refractivity contribution in [3.05, 3.63) is 84.4 Å². The minimum Gasteiger partial charge on any atom is -0.496 e. The topological polar surface area (TPSA) is 35.5 Å². The zero-order valence-electron chi connectivity index (χ0n) is 14.7. The maximum atomic E-state index is 12.2. The van der Waals surface area contributed by atoms with Crippen molar-refractivity contribution in [3.8, 4) is 11.5 Å². The summed E-state index contributed by atoms with van der Waals surface area (Å²) in [7, 11) is 1.60. The maximum absolute atomic E-state index is 12.2. The molecule has 3 rings (SSSR count). The highest BCUT2D eigenvalue weighted by Crippen LogP contribution is 2.30. The molecule has 0 bridgehead atoms. The van der Waals surface area contributed by atoms with Crippen LogP contribution in [0.25, 0.3) is 6.08 Å². The Kier molecular flexibility index (Phi) is 7.18. The summed E-state index contributed by atoms with van der Waals surface area (Å²) in [6, 6.07) is 12.5. The van der Waals surface area contributed by atoms with E-state index in [1.807, 2.05) is 23.6 Å². The normalized spacial score (nSPS) is 11.0. The molecule has 0 aliphatic carbocycles. The second-order valence-corrected chi connectivity index (χ2v) is 8.43. The lowest BCUT2D eigenvalue weighted by Gasteiger charge is -2.12. The lowest BCUT2D eigenvalue weighted by atomic mass is 10.1. The van der Waals surface area contributed by atoms with E-state index in [0.717, 1.165) is 15.6 Å². The van der Waals surface area contributed by atoms with Crippen LogP contribution in [0.5, 0.6) is 11.5 Å². The van der Waals surface area contributed by atoms with Gasteiger partial charge in [0.15, 0.2) is 5.78 Å². The molecule has 0 fully saturated rings. The van der Waals surface area contributed by atoms with Gasteiger partial charge in [-0.05, 0) is 64.0 Å². The maximum Gasteiger partial charge on any atom is 0.195 e. The Hall–Kier alpha value is -1.79. The molecule has 7 heteroatoms. The van der Waals surface area contributed by atoms with Crippen LogP contribution in [-0.2, 0) is 6.61 Å². The van der Waals surface area contributed by atoms with Crippen LogP contribution in [-0.4, -0.2) is 12.9 Å². The molecule has 144 valence electrons.